The summed E-state index contributed by atoms with van der Waals surface area (Å²) in [5, 5.41) is 3.12. The summed E-state index contributed by atoms with van der Waals surface area (Å²) in [6, 6.07) is 18.4. The van der Waals surface area contributed by atoms with E-state index in [2.05, 4.69) is 22.3 Å². The van der Waals surface area contributed by atoms with Crippen LogP contribution in [0.25, 0.3) is 0 Å². The van der Waals surface area contributed by atoms with E-state index in [-0.39, 0.29) is 11.9 Å². The molecule has 1 fully saturated rings. The van der Waals surface area contributed by atoms with Gasteiger partial charge in [0.15, 0.2) is 0 Å². The van der Waals surface area contributed by atoms with Crippen LogP contribution in [0.3, 0.4) is 0 Å². The van der Waals surface area contributed by atoms with Crippen LogP contribution in [0.1, 0.15) is 24.4 Å². The average molecular weight is 371 g/mol. The summed E-state index contributed by atoms with van der Waals surface area (Å²) in [7, 11) is 1.68. The normalized spacial score (nSPS) is 15.6. The first-order chi connectivity index (χ1) is 12.8. The van der Waals surface area contributed by atoms with Gasteiger partial charge in [-0.1, -0.05) is 30.3 Å². The van der Waals surface area contributed by atoms with Crippen molar-refractivity contribution in [2.45, 2.75) is 23.8 Å². The van der Waals surface area contributed by atoms with E-state index < -0.39 is 0 Å². The zero-order valence-electron chi connectivity index (χ0n) is 15.2. The van der Waals surface area contributed by atoms with E-state index in [1.165, 1.54) is 18.4 Å². The molecule has 5 heteroatoms. The fourth-order valence-electron chi connectivity index (χ4n) is 3.26. The summed E-state index contributed by atoms with van der Waals surface area (Å²) in [6.45, 7) is 2.82. The van der Waals surface area contributed by atoms with Gasteiger partial charge in [0, 0.05) is 11.4 Å². The number of benzene rings is 2. The second-order valence-electron chi connectivity index (χ2n) is 6.44. The van der Waals surface area contributed by atoms with Crippen molar-refractivity contribution in [2.24, 2.45) is 0 Å². The van der Waals surface area contributed by atoms with Crippen LogP contribution in [0, 0.1) is 0 Å². The van der Waals surface area contributed by atoms with Crippen LogP contribution in [0.4, 0.5) is 0 Å². The Morgan fingerprint density at radius 3 is 2.46 bits per heavy atom. The summed E-state index contributed by atoms with van der Waals surface area (Å²) < 4.78 is 5.26. The molecule has 3 rings (SSSR count). The van der Waals surface area contributed by atoms with E-state index in [0.29, 0.717) is 12.3 Å². The number of likely N-dealkylation sites (tertiary alicyclic amines) is 1. The van der Waals surface area contributed by atoms with E-state index in [4.69, 9.17) is 4.74 Å². The predicted molar refractivity (Wildman–Crippen MR) is 107 cm³/mol. The maximum absolute atomic E-state index is 12.3. The van der Waals surface area contributed by atoms with Gasteiger partial charge in [-0.2, -0.15) is 0 Å². The zero-order valence-corrected chi connectivity index (χ0v) is 16.0. The third-order valence-electron chi connectivity index (χ3n) is 4.69. The topological polar surface area (TPSA) is 41.6 Å². The van der Waals surface area contributed by atoms with Crippen molar-refractivity contribution in [3.63, 3.8) is 0 Å². The van der Waals surface area contributed by atoms with Crippen molar-refractivity contribution in [3.05, 3.63) is 60.2 Å². The van der Waals surface area contributed by atoms with Gasteiger partial charge >= 0.3 is 0 Å². The van der Waals surface area contributed by atoms with Gasteiger partial charge in [-0.05, 0) is 55.8 Å². The number of thioether (sulfide) groups is 1. The maximum Gasteiger partial charge on any atom is 0.230 e. The van der Waals surface area contributed by atoms with Gasteiger partial charge < -0.3 is 10.1 Å². The Kier molecular flexibility index (Phi) is 6.97. The molecule has 0 spiro atoms. The third kappa shape index (κ3) is 5.26. The van der Waals surface area contributed by atoms with Crippen LogP contribution in [-0.4, -0.2) is 43.3 Å². The summed E-state index contributed by atoms with van der Waals surface area (Å²) in [5.74, 6) is 1.38. The minimum Gasteiger partial charge on any atom is -0.497 e. The number of hydrogen-bond donors (Lipinski definition) is 1. The minimum absolute atomic E-state index is 0.0801. The zero-order chi connectivity index (χ0) is 18.2. The number of rotatable bonds is 8. The number of carbonyl (C=O) groups is 1. The molecule has 1 saturated heterocycles. The molecule has 0 radical (unpaired) electrons. The van der Waals surface area contributed by atoms with Gasteiger partial charge in [0.1, 0.15) is 5.75 Å². The Bertz CT molecular complexity index is 685. The lowest BCUT2D eigenvalue weighted by molar-refractivity contribution is -0.118. The Labute approximate surface area is 159 Å². The molecule has 4 nitrogen and oxygen atoms in total. The second kappa shape index (κ2) is 9.64. The first-order valence-corrected chi connectivity index (χ1v) is 10.1. The first-order valence-electron chi connectivity index (χ1n) is 9.09. The highest BCUT2D eigenvalue weighted by Crippen LogP contribution is 2.26. The third-order valence-corrected chi connectivity index (χ3v) is 5.70. The number of ether oxygens (including phenoxy) is 1. The first kappa shape index (κ1) is 18.8. The molecule has 1 atom stereocenters. The average Bonchev–Trinajstić information content (AvgIpc) is 3.22. The summed E-state index contributed by atoms with van der Waals surface area (Å²) in [5.41, 5.74) is 1.23. The molecular formula is C21H26N2O2S. The highest BCUT2D eigenvalue weighted by atomic mass is 32.2. The second-order valence-corrected chi connectivity index (χ2v) is 7.49. The monoisotopic (exact) mass is 370 g/mol. The molecule has 0 aliphatic carbocycles. The molecule has 1 N–H and O–H groups in total. The van der Waals surface area contributed by atoms with Crippen LogP contribution in [0.2, 0.25) is 0 Å². The number of nitrogens with one attached hydrogen (secondary N) is 1. The highest BCUT2D eigenvalue weighted by Gasteiger charge is 2.24. The van der Waals surface area contributed by atoms with E-state index in [1.54, 1.807) is 18.9 Å². The molecule has 138 valence electrons. The van der Waals surface area contributed by atoms with Gasteiger partial charge in [-0.25, -0.2) is 0 Å². The van der Waals surface area contributed by atoms with Crippen LogP contribution in [0.5, 0.6) is 5.75 Å². The van der Waals surface area contributed by atoms with Crippen molar-refractivity contribution in [1.29, 1.82) is 0 Å². The largest absolute Gasteiger partial charge is 0.497 e. The summed E-state index contributed by atoms with van der Waals surface area (Å²) in [6.07, 6.45) is 2.45. The van der Waals surface area contributed by atoms with Crippen LogP contribution >= 0.6 is 11.8 Å². The van der Waals surface area contributed by atoms with Crippen molar-refractivity contribution in [3.8, 4) is 5.75 Å². The van der Waals surface area contributed by atoms with Gasteiger partial charge in [-0.15, -0.1) is 11.8 Å². The number of hydrogen-bond acceptors (Lipinski definition) is 4. The number of methoxy groups -OCH3 is 1. The summed E-state index contributed by atoms with van der Waals surface area (Å²) in [4.78, 5) is 15.9. The summed E-state index contributed by atoms with van der Waals surface area (Å²) >= 11 is 1.57. The van der Waals surface area contributed by atoms with Crippen LogP contribution in [-0.2, 0) is 4.79 Å². The Morgan fingerprint density at radius 2 is 1.81 bits per heavy atom. The van der Waals surface area contributed by atoms with Crippen molar-refractivity contribution in [2.75, 3.05) is 32.5 Å². The lowest BCUT2D eigenvalue weighted by atomic mass is 10.1. The smallest absolute Gasteiger partial charge is 0.230 e. The molecule has 1 unspecified atom stereocenters. The molecule has 2 aromatic carbocycles. The molecule has 1 heterocycles. The van der Waals surface area contributed by atoms with Gasteiger partial charge in [-0.3, -0.25) is 9.69 Å². The lowest BCUT2D eigenvalue weighted by Crippen LogP contribution is -2.37. The van der Waals surface area contributed by atoms with Gasteiger partial charge in [0.05, 0.1) is 18.9 Å². The molecule has 0 saturated carbocycles. The van der Waals surface area contributed by atoms with Crippen molar-refractivity contribution >= 4 is 17.7 Å². The molecule has 0 aromatic heterocycles. The van der Waals surface area contributed by atoms with E-state index >= 15 is 0 Å². The maximum atomic E-state index is 12.3. The molecular weight excluding hydrogens is 344 g/mol. The minimum atomic E-state index is 0.0801. The Morgan fingerprint density at radius 1 is 1.12 bits per heavy atom. The number of carbonyl (C=O) groups excluding carboxylic acids is 1. The lowest BCUT2D eigenvalue weighted by Gasteiger charge is -2.28. The van der Waals surface area contributed by atoms with Gasteiger partial charge in [0.25, 0.3) is 0 Å². The van der Waals surface area contributed by atoms with Gasteiger partial charge in [0.2, 0.25) is 5.91 Å². The fourth-order valence-corrected chi connectivity index (χ4v) is 4.01. The number of nitrogens with zero attached hydrogens (tertiary/aromatic N) is 1. The van der Waals surface area contributed by atoms with E-state index in [0.717, 1.165) is 23.7 Å². The van der Waals surface area contributed by atoms with Crippen LogP contribution < -0.4 is 10.1 Å². The fraction of sp³-hybridized carbons (Fsp3) is 0.381. The molecule has 1 amide bonds. The SMILES string of the molecule is COc1ccc(C(CNC(=O)CSc2ccccc2)N2CCCC2)cc1. The molecule has 0 bridgehead atoms. The predicted octanol–water partition coefficient (Wildman–Crippen LogP) is 3.74. The molecule has 1 aliphatic rings. The van der Waals surface area contributed by atoms with Crippen molar-refractivity contribution in [1.82, 2.24) is 10.2 Å². The highest BCUT2D eigenvalue weighted by molar-refractivity contribution is 8.00. The molecule has 26 heavy (non-hydrogen) atoms. The standard InChI is InChI=1S/C21H26N2O2S/c1-25-18-11-9-17(10-12-18)20(23-13-5-6-14-23)15-22-21(24)16-26-19-7-3-2-4-8-19/h2-4,7-12,20H,5-6,13-16H2,1H3,(H,22,24). The Hall–Kier alpha value is -1.98. The molecule has 1 aliphatic heterocycles. The quantitative estimate of drug-likeness (QED) is 0.719. The molecule has 2 aromatic rings. The number of amides is 1. The van der Waals surface area contributed by atoms with Crippen LogP contribution in [0.15, 0.2) is 59.5 Å². The van der Waals surface area contributed by atoms with E-state index in [1.807, 2.05) is 42.5 Å². The van der Waals surface area contributed by atoms with Crippen molar-refractivity contribution < 1.29 is 9.53 Å². The van der Waals surface area contributed by atoms with E-state index in [9.17, 15) is 4.79 Å². The Balaban J connectivity index is 1.57.